The summed E-state index contributed by atoms with van der Waals surface area (Å²) >= 11 is 0. The fraction of sp³-hybridized carbons (Fsp3) is 0.545. The van der Waals surface area contributed by atoms with Crippen molar-refractivity contribution in [2.24, 2.45) is 5.92 Å². The Morgan fingerprint density at radius 2 is 2.29 bits per heavy atom. The second-order valence-corrected chi connectivity index (χ2v) is 4.43. The number of H-pyrrole nitrogens is 1. The zero-order valence-corrected chi connectivity index (χ0v) is 10.1. The Labute approximate surface area is 98.8 Å². The molecule has 0 amide bonds. The van der Waals surface area contributed by atoms with Gasteiger partial charge in [0.05, 0.1) is 11.5 Å². The minimum Gasteiger partial charge on any atom is -0.367 e. The molecule has 0 spiro atoms. The topological polar surface area (TPSA) is 81.0 Å². The molecule has 2 atom stereocenters. The third kappa shape index (κ3) is 2.08. The number of aromatic amines is 1. The van der Waals surface area contributed by atoms with Gasteiger partial charge in [0.2, 0.25) is 0 Å². The van der Waals surface area contributed by atoms with Crippen LogP contribution in [0.2, 0.25) is 0 Å². The van der Waals surface area contributed by atoms with E-state index in [2.05, 4.69) is 16.3 Å². The second kappa shape index (κ2) is 4.29. The van der Waals surface area contributed by atoms with Gasteiger partial charge in [-0.2, -0.15) is 5.10 Å². The molecule has 92 valence electrons. The molecular formula is C11H15N3O3. The molecule has 2 unspecified atom stereocenters. The van der Waals surface area contributed by atoms with Crippen LogP contribution in [-0.4, -0.2) is 21.7 Å². The van der Waals surface area contributed by atoms with Crippen molar-refractivity contribution < 1.29 is 9.66 Å². The molecule has 1 aromatic heterocycles. The molecular weight excluding hydrogens is 222 g/mol. The Morgan fingerprint density at radius 3 is 2.88 bits per heavy atom. The molecule has 2 heterocycles. The van der Waals surface area contributed by atoms with E-state index < -0.39 is 4.92 Å². The van der Waals surface area contributed by atoms with E-state index in [1.165, 1.54) is 0 Å². The largest absolute Gasteiger partial charge is 0.367 e. The highest BCUT2D eigenvalue weighted by Gasteiger charge is 2.32. The summed E-state index contributed by atoms with van der Waals surface area (Å²) in [7, 11) is 0. The number of nitrogens with zero attached hydrogens (tertiary/aromatic N) is 2. The number of hydrogen-bond donors (Lipinski definition) is 1. The van der Waals surface area contributed by atoms with E-state index in [4.69, 9.17) is 4.74 Å². The molecule has 17 heavy (non-hydrogen) atoms. The quantitative estimate of drug-likeness (QED) is 0.486. The van der Waals surface area contributed by atoms with E-state index in [1.54, 1.807) is 6.92 Å². The van der Waals surface area contributed by atoms with Crippen LogP contribution in [0.3, 0.4) is 0 Å². The molecule has 2 rings (SSSR count). The lowest BCUT2D eigenvalue weighted by Crippen LogP contribution is -2.19. The minimum absolute atomic E-state index is 0.0369. The second-order valence-electron chi connectivity index (χ2n) is 4.43. The van der Waals surface area contributed by atoms with Crippen LogP contribution in [0.15, 0.2) is 11.6 Å². The number of aryl methyl sites for hydroxylation is 1. The standard InChI is InChI=1S/C11H15N3O3/c1-6-4-7(2)11(17-5-6)9-10(14(15)16)8(3)12-13-9/h4,7,11H,5H2,1-3H3,(H,12,13). The molecule has 0 saturated carbocycles. The third-order valence-electron chi connectivity index (χ3n) is 2.92. The Hall–Kier alpha value is -1.69. The van der Waals surface area contributed by atoms with Crippen LogP contribution in [0.5, 0.6) is 0 Å². The molecule has 0 radical (unpaired) electrons. The first kappa shape index (κ1) is 11.8. The summed E-state index contributed by atoms with van der Waals surface area (Å²) in [4.78, 5) is 10.6. The van der Waals surface area contributed by atoms with E-state index in [0.29, 0.717) is 18.0 Å². The summed E-state index contributed by atoms with van der Waals surface area (Å²) in [5, 5.41) is 17.6. The van der Waals surface area contributed by atoms with Crippen molar-refractivity contribution in [3.05, 3.63) is 33.2 Å². The van der Waals surface area contributed by atoms with E-state index in [0.717, 1.165) is 5.57 Å². The lowest BCUT2D eigenvalue weighted by Gasteiger charge is -2.25. The van der Waals surface area contributed by atoms with E-state index >= 15 is 0 Å². The summed E-state index contributed by atoms with van der Waals surface area (Å²) in [5.74, 6) is 0.0994. The zero-order valence-electron chi connectivity index (χ0n) is 10.1. The predicted octanol–water partition coefficient (Wildman–Crippen LogP) is 2.28. The fourth-order valence-corrected chi connectivity index (χ4v) is 2.18. The van der Waals surface area contributed by atoms with Gasteiger partial charge in [-0.3, -0.25) is 15.2 Å². The van der Waals surface area contributed by atoms with Crippen LogP contribution < -0.4 is 0 Å². The van der Waals surface area contributed by atoms with Crippen LogP contribution in [0, 0.1) is 23.0 Å². The number of nitro groups is 1. The van der Waals surface area contributed by atoms with Gasteiger partial charge in [-0.05, 0) is 13.8 Å². The number of hydrogen-bond acceptors (Lipinski definition) is 4. The van der Waals surface area contributed by atoms with Crippen molar-refractivity contribution in [3.8, 4) is 0 Å². The van der Waals surface area contributed by atoms with Crippen molar-refractivity contribution >= 4 is 5.69 Å². The molecule has 1 aliphatic heterocycles. The van der Waals surface area contributed by atoms with Crippen LogP contribution in [0.4, 0.5) is 5.69 Å². The predicted molar refractivity (Wildman–Crippen MR) is 61.6 cm³/mol. The summed E-state index contributed by atoms with van der Waals surface area (Å²) in [5.41, 5.74) is 2.04. The van der Waals surface area contributed by atoms with Crippen LogP contribution in [0.25, 0.3) is 0 Å². The Bertz CT molecular complexity index is 478. The van der Waals surface area contributed by atoms with Crippen LogP contribution in [-0.2, 0) is 4.74 Å². The van der Waals surface area contributed by atoms with Gasteiger partial charge in [0.1, 0.15) is 17.5 Å². The van der Waals surface area contributed by atoms with Gasteiger partial charge in [0.15, 0.2) is 0 Å². The Balaban J connectivity index is 2.38. The van der Waals surface area contributed by atoms with Crippen LogP contribution >= 0.6 is 0 Å². The Kier molecular flexibility index (Phi) is 2.97. The van der Waals surface area contributed by atoms with Crippen molar-refractivity contribution in [3.63, 3.8) is 0 Å². The van der Waals surface area contributed by atoms with Crippen molar-refractivity contribution in [2.75, 3.05) is 6.61 Å². The normalized spacial score (nSPS) is 24.5. The first-order chi connectivity index (χ1) is 8.00. The SMILES string of the molecule is CC1=CC(C)C(c2[nH]nc(C)c2[N+](=O)[O-])OC1. The van der Waals surface area contributed by atoms with E-state index in [1.807, 2.05) is 13.8 Å². The molecule has 1 aliphatic rings. The highest BCUT2D eigenvalue weighted by atomic mass is 16.6. The average Bonchev–Trinajstić information content (AvgIpc) is 2.60. The minimum atomic E-state index is -0.407. The Morgan fingerprint density at radius 1 is 1.59 bits per heavy atom. The first-order valence-electron chi connectivity index (χ1n) is 5.49. The van der Waals surface area contributed by atoms with Crippen molar-refractivity contribution in [2.45, 2.75) is 26.9 Å². The maximum absolute atomic E-state index is 11.0. The molecule has 6 nitrogen and oxygen atoms in total. The molecule has 1 N–H and O–H groups in total. The molecule has 0 saturated heterocycles. The molecule has 0 bridgehead atoms. The van der Waals surface area contributed by atoms with Gasteiger partial charge in [0.25, 0.3) is 0 Å². The van der Waals surface area contributed by atoms with Gasteiger partial charge in [-0.15, -0.1) is 0 Å². The van der Waals surface area contributed by atoms with Gasteiger partial charge in [0, 0.05) is 5.92 Å². The molecule has 0 fully saturated rings. The maximum Gasteiger partial charge on any atom is 0.315 e. The molecule has 0 aromatic carbocycles. The van der Waals surface area contributed by atoms with Gasteiger partial charge in [-0.25, -0.2) is 0 Å². The third-order valence-corrected chi connectivity index (χ3v) is 2.92. The van der Waals surface area contributed by atoms with Crippen molar-refractivity contribution in [1.82, 2.24) is 10.2 Å². The summed E-state index contributed by atoms with van der Waals surface area (Å²) in [6, 6.07) is 0. The van der Waals surface area contributed by atoms with Gasteiger partial charge < -0.3 is 4.74 Å². The lowest BCUT2D eigenvalue weighted by molar-refractivity contribution is -0.386. The smallest absolute Gasteiger partial charge is 0.315 e. The average molecular weight is 237 g/mol. The number of aromatic nitrogens is 2. The lowest BCUT2D eigenvalue weighted by atomic mass is 9.96. The number of nitrogens with one attached hydrogen (secondary N) is 1. The fourth-order valence-electron chi connectivity index (χ4n) is 2.18. The highest BCUT2D eigenvalue weighted by molar-refractivity contribution is 5.41. The monoisotopic (exact) mass is 237 g/mol. The van der Waals surface area contributed by atoms with Gasteiger partial charge >= 0.3 is 5.69 Å². The summed E-state index contributed by atoms with van der Waals surface area (Å²) in [6.45, 7) is 6.09. The van der Waals surface area contributed by atoms with E-state index in [-0.39, 0.29) is 17.7 Å². The van der Waals surface area contributed by atoms with Gasteiger partial charge in [-0.1, -0.05) is 18.6 Å². The first-order valence-corrected chi connectivity index (χ1v) is 5.49. The number of ether oxygens (including phenoxy) is 1. The highest BCUT2D eigenvalue weighted by Crippen LogP contribution is 2.36. The maximum atomic E-state index is 11.0. The zero-order chi connectivity index (χ0) is 12.6. The van der Waals surface area contributed by atoms with Crippen LogP contribution in [0.1, 0.15) is 31.3 Å². The summed E-state index contributed by atoms with van der Waals surface area (Å²) in [6.07, 6.45) is 1.76. The van der Waals surface area contributed by atoms with E-state index in [9.17, 15) is 10.1 Å². The molecule has 0 aliphatic carbocycles. The summed E-state index contributed by atoms with van der Waals surface area (Å²) < 4.78 is 5.65. The molecule has 6 heteroatoms. The number of rotatable bonds is 2. The molecule has 1 aromatic rings. The van der Waals surface area contributed by atoms with Crippen molar-refractivity contribution in [1.29, 1.82) is 0 Å².